The van der Waals surface area contributed by atoms with E-state index in [1.807, 2.05) is 26.8 Å². The van der Waals surface area contributed by atoms with Gasteiger partial charge < -0.3 is 9.47 Å². The number of anilines is 1. The first-order valence-corrected chi connectivity index (χ1v) is 13.4. The van der Waals surface area contributed by atoms with E-state index >= 15 is 0 Å². The first-order valence-electron chi connectivity index (χ1n) is 11.6. The molecule has 0 saturated carbocycles. The Balaban J connectivity index is 1.67. The monoisotopic (exact) mass is 664 g/mol. The molecule has 3 aromatic carbocycles. The minimum atomic E-state index is -0.797. The van der Waals surface area contributed by atoms with E-state index in [4.69, 9.17) is 32.7 Å². The van der Waals surface area contributed by atoms with E-state index in [0.29, 0.717) is 43.0 Å². The average Bonchev–Trinajstić information content (AvgIpc) is 2.84. The molecule has 1 aliphatic rings. The van der Waals surface area contributed by atoms with Gasteiger partial charge in [0.05, 0.1) is 15.9 Å². The number of benzene rings is 3. The van der Waals surface area contributed by atoms with Crippen molar-refractivity contribution in [1.82, 2.24) is 5.32 Å². The molecule has 0 spiro atoms. The van der Waals surface area contributed by atoms with E-state index in [1.165, 1.54) is 6.08 Å². The van der Waals surface area contributed by atoms with Gasteiger partial charge in [-0.3, -0.25) is 14.9 Å². The molecule has 0 radical (unpaired) electrons. The second-order valence-corrected chi connectivity index (χ2v) is 10.5. The maximum atomic E-state index is 13.3. The van der Waals surface area contributed by atoms with Crippen LogP contribution in [0.4, 0.5) is 10.5 Å². The molecule has 0 atom stereocenters. The summed E-state index contributed by atoms with van der Waals surface area (Å²) in [7, 11) is 0. The van der Waals surface area contributed by atoms with E-state index in [0.717, 1.165) is 21.6 Å². The molecule has 1 N–H and O–H groups in total. The predicted molar refractivity (Wildman–Crippen MR) is 156 cm³/mol. The molecule has 0 aliphatic carbocycles. The van der Waals surface area contributed by atoms with Gasteiger partial charge >= 0.3 is 6.03 Å². The third-order valence-electron chi connectivity index (χ3n) is 5.88. The highest BCUT2D eigenvalue weighted by atomic mass is 127. The van der Waals surface area contributed by atoms with Crippen LogP contribution in [-0.4, -0.2) is 24.5 Å². The molecule has 0 aromatic heterocycles. The molecule has 10 heteroatoms. The van der Waals surface area contributed by atoms with Gasteiger partial charge in [0, 0.05) is 15.6 Å². The normalized spacial score (nSPS) is 14.6. The molecule has 1 heterocycles. The number of urea groups is 1. The second-order valence-electron chi connectivity index (χ2n) is 8.51. The SMILES string of the molecule is CCOc1cc(/C=C2\C(=O)NC(=O)N(c3ccc(C)c(C)c3)C2=O)cc(I)c1OCc1ccc(Cl)cc1Cl. The Morgan fingerprint density at radius 1 is 0.974 bits per heavy atom. The highest BCUT2D eigenvalue weighted by Crippen LogP contribution is 2.36. The van der Waals surface area contributed by atoms with Crippen LogP contribution in [0.1, 0.15) is 29.2 Å². The van der Waals surface area contributed by atoms with E-state index in [-0.39, 0.29) is 12.2 Å². The summed E-state index contributed by atoms with van der Waals surface area (Å²) in [6.45, 7) is 6.20. The van der Waals surface area contributed by atoms with Crippen molar-refractivity contribution in [2.24, 2.45) is 0 Å². The third kappa shape index (κ3) is 5.98. The first-order chi connectivity index (χ1) is 18.1. The lowest BCUT2D eigenvalue weighted by Gasteiger charge is -2.27. The van der Waals surface area contributed by atoms with Gasteiger partial charge in [0.1, 0.15) is 12.2 Å². The second kappa shape index (κ2) is 11.8. The number of amides is 4. The molecule has 1 aliphatic heterocycles. The Morgan fingerprint density at radius 3 is 2.42 bits per heavy atom. The summed E-state index contributed by atoms with van der Waals surface area (Å²) < 4.78 is 12.5. The zero-order valence-corrected chi connectivity index (χ0v) is 24.4. The number of barbiturate groups is 1. The minimum absolute atomic E-state index is 0.178. The lowest BCUT2D eigenvalue weighted by molar-refractivity contribution is -0.122. The first kappa shape index (κ1) is 27.9. The summed E-state index contributed by atoms with van der Waals surface area (Å²) in [6, 6.07) is 13.0. The zero-order valence-electron chi connectivity index (χ0n) is 20.7. The third-order valence-corrected chi connectivity index (χ3v) is 7.27. The molecular weight excluding hydrogens is 642 g/mol. The number of nitrogens with one attached hydrogen (secondary N) is 1. The lowest BCUT2D eigenvalue weighted by atomic mass is 10.0. The molecule has 7 nitrogen and oxygen atoms in total. The summed E-state index contributed by atoms with van der Waals surface area (Å²) in [6.07, 6.45) is 1.43. The molecule has 1 fully saturated rings. The smallest absolute Gasteiger partial charge is 0.335 e. The van der Waals surface area contributed by atoms with Gasteiger partial charge in [-0.1, -0.05) is 35.3 Å². The lowest BCUT2D eigenvalue weighted by Crippen LogP contribution is -2.54. The van der Waals surface area contributed by atoms with Crippen LogP contribution < -0.4 is 19.7 Å². The fourth-order valence-electron chi connectivity index (χ4n) is 3.79. The van der Waals surface area contributed by atoms with Crippen LogP contribution in [0.3, 0.4) is 0 Å². The Kier molecular flexibility index (Phi) is 8.64. The van der Waals surface area contributed by atoms with Crippen LogP contribution in [0.15, 0.2) is 54.1 Å². The molecule has 0 unspecified atom stereocenters. The Labute approximate surface area is 243 Å². The van der Waals surface area contributed by atoms with Crippen molar-refractivity contribution < 1.29 is 23.9 Å². The van der Waals surface area contributed by atoms with Crippen LogP contribution >= 0.6 is 45.8 Å². The molecule has 4 amide bonds. The van der Waals surface area contributed by atoms with Crippen molar-refractivity contribution >= 4 is 75.4 Å². The maximum Gasteiger partial charge on any atom is 0.335 e. The molecule has 4 rings (SSSR count). The summed E-state index contributed by atoms with van der Waals surface area (Å²) in [5.41, 5.74) is 3.41. The standard InChI is InChI=1S/C28H23Cl2IN2O5/c1-4-37-24-12-17(11-23(31)25(24)38-14-18-6-7-19(29)13-22(18)30)10-21-26(34)32-28(36)33(27(21)35)20-8-5-15(2)16(3)9-20/h5-13H,4,14H2,1-3H3,(H,32,34,36)/b21-10+. The van der Waals surface area contributed by atoms with Gasteiger partial charge in [0.25, 0.3) is 11.8 Å². The summed E-state index contributed by atoms with van der Waals surface area (Å²) in [5.74, 6) is -0.562. The van der Waals surface area contributed by atoms with Crippen molar-refractivity contribution in [1.29, 1.82) is 0 Å². The van der Waals surface area contributed by atoms with Crippen LogP contribution in [0.25, 0.3) is 6.08 Å². The van der Waals surface area contributed by atoms with E-state index in [2.05, 4.69) is 27.9 Å². The maximum absolute atomic E-state index is 13.3. The van der Waals surface area contributed by atoms with Crippen LogP contribution in [0.5, 0.6) is 11.5 Å². The number of ether oxygens (including phenoxy) is 2. The average molecular weight is 665 g/mol. The molecule has 3 aromatic rings. The molecule has 38 heavy (non-hydrogen) atoms. The number of rotatable bonds is 7. The van der Waals surface area contributed by atoms with Crippen molar-refractivity contribution in [3.8, 4) is 11.5 Å². The van der Waals surface area contributed by atoms with Crippen molar-refractivity contribution in [2.45, 2.75) is 27.4 Å². The van der Waals surface area contributed by atoms with Gasteiger partial charge in [-0.2, -0.15) is 0 Å². The number of imide groups is 2. The topological polar surface area (TPSA) is 84.9 Å². The Bertz CT molecular complexity index is 1490. The van der Waals surface area contributed by atoms with Gasteiger partial charge in [0.2, 0.25) is 0 Å². The van der Waals surface area contributed by atoms with Gasteiger partial charge in [-0.05, 0) is 103 Å². The summed E-state index contributed by atoms with van der Waals surface area (Å²) in [5, 5.41) is 3.27. The van der Waals surface area contributed by atoms with Gasteiger partial charge in [0.15, 0.2) is 11.5 Å². The van der Waals surface area contributed by atoms with E-state index in [1.54, 1.807) is 42.5 Å². The number of halogens is 3. The van der Waals surface area contributed by atoms with Crippen LogP contribution in [-0.2, 0) is 16.2 Å². The van der Waals surface area contributed by atoms with Crippen molar-refractivity contribution in [3.63, 3.8) is 0 Å². The van der Waals surface area contributed by atoms with Crippen LogP contribution in [0.2, 0.25) is 10.0 Å². The molecule has 196 valence electrons. The summed E-state index contributed by atoms with van der Waals surface area (Å²) in [4.78, 5) is 39.5. The van der Waals surface area contributed by atoms with Gasteiger partial charge in [-0.25, -0.2) is 9.69 Å². The number of carbonyl (C=O) groups is 3. The fourth-order valence-corrected chi connectivity index (χ4v) is 5.03. The largest absolute Gasteiger partial charge is 0.490 e. The Morgan fingerprint density at radius 2 is 1.74 bits per heavy atom. The predicted octanol–water partition coefficient (Wildman–Crippen LogP) is 6.86. The number of hydrogen-bond acceptors (Lipinski definition) is 5. The Hall–Kier alpha value is -3.08. The zero-order chi connectivity index (χ0) is 27.6. The van der Waals surface area contributed by atoms with E-state index < -0.39 is 17.8 Å². The van der Waals surface area contributed by atoms with Gasteiger partial charge in [-0.15, -0.1) is 0 Å². The number of hydrogen-bond donors (Lipinski definition) is 1. The minimum Gasteiger partial charge on any atom is -0.490 e. The van der Waals surface area contributed by atoms with E-state index in [9.17, 15) is 14.4 Å². The fraction of sp³-hybridized carbons (Fsp3) is 0.179. The van der Waals surface area contributed by atoms with Crippen molar-refractivity contribution in [2.75, 3.05) is 11.5 Å². The highest BCUT2D eigenvalue weighted by Gasteiger charge is 2.37. The number of carbonyl (C=O) groups excluding carboxylic acids is 3. The highest BCUT2D eigenvalue weighted by molar-refractivity contribution is 14.1. The number of nitrogens with zero attached hydrogens (tertiary/aromatic N) is 1. The molecule has 0 bridgehead atoms. The van der Waals surface area contributed by atoms with Crippen LogP contribution in [0, 0.1) is 17.4 Å². The quantitative estimate of drug-likeness (QED) is 0.170. The molecular formula is C28H23Cl2IN2O5. The summed E-state index contributed by atoms with van der Waals surface area (Å²) >= 11 is 14.4. The van der Waals surface area contributed by atoms with Crippen molar-refractivity contribution in [3.05, 3.63) is 90.0 Å². The number of aryl methyl sites for hydroxylation is 2. The molecule has 1 saturated heterocycles.